The van der Waals surface area contributed by atoms with Gasteiger partial charge in [0.05, 0.1) is 17.9 Å². The van der Waals surface area contributed by atoms with E-state index in [-0.39, 0.29) is 24.2 Å². The first-order chi connectivity index (χ1) is 10.1. The molecule has 4 nitrogen and oxygen atoms in total. The number of rotatable bonds is 2. The van der Waals surface area contributed by atoms with Crippen LogP contribution in [0.15, 0.2) is 29.3 Å². The summed E-state index contributed by atoms with van der Waals surface area (Å²) < 4.78 is 14.0. The van der Waals surface area contributed by atoms with Crippen molar-refractivity contribution in [3.05, 3.63) is 24.3 Å². The molecule has 0 radical (unpaired) electrons. The molecular weight excluding hydrogens is 269 g/mol. The summed E-state index contributed by atoms with van der Waals surface area (Å²) in [6.45, 7) is 2.15. The average molecular weight is 289 g/mol. The van der Waals surface area contributed by atoms with Gasteiger partial charge in [-0.2, -0.15) is 0 Å². The van der Waals surface area contributed by atoms with Gasteiger partial charge in [-0.1, -0.05) is 23.5 Å². The van der Waals surface area contributed by atoms with Gasteiger partial charge in [-0.25, -0.2) is 10.1 Å². The van der Waals surface area contributed by atoms with E-state index in [0.717, 1.165) is 31.6 Å². The fraction of sp³-hybridized carbons (Fsp3) is 0.500. The quantitative estimate of drug-likeness (QED) is 0.850. The Kier molecular flexibility index (Phi) is 3.90. The van der Waals surface area contributed by atoms with E-state index in [1.54, 1.807) is 24.3 Å². The first kappa shape index (κ1) is 14.0. The minimum Gasteiger partial charge on any atom is -0.348 e. The number of amides is 1. The van der Waals surface area contributed by atoms with Crippen LogP contribution in [-0.4, -0.2) is 24.2 Å². The van der Waals surface area contributed by atoms with Gasteiger partial charge in [0.2, 0.25) is 0 Å². The predicted molar refractivity (Wildman–Crippen MR) is 81.6 cm³/mol. The number of nitrogens with one attached hydrogen (secondary N) is 1. The van der Waals surface area contributed by atoms with E-state index in [4.69, 9.17) is 0 Å². The topological polar surface area (TPSA) is 44.7 Å². The number of para-hydroxylation sites is 2. The van der Waals surface area contributed by atoms with Gasteiger partial charge in [0.15, 0.2) is 0 Å². The molecule has 2 aliphatic rings. The van der Waals surface area contributed by atoms with E-state index in [1.165, 1.54) is 0 Å². The molecule has 0 unspecified atom stereocenters. The number of hydrogen-bond acceptors (Lipinski definition) is 3. The van der Waals surface area contributed by atoms with Crippen LogP contribution in [0.1, 0.15) is 32.6 Å². The fourth-order valence-electron chi connectivity index (χ4n) is 2.96. The Hall–Kier alpha value is -1.91. The molecule has 5 heteroatoms. The van der Waals surface area contributed by atoms with Crippen LogP contribution in [0.5, 0.6) is 0 Å². The van der Waals surface area contributed by atoms with Crippen LogP contribution in [0.3, 0.4) is 0 Å². The van der Waals surface area contributed by atoms with E-state index in [9.17, 15) is 9.28 Å². The van der Waals surface area contributed by atoms with Crippen LogP contribution in [0.4, 0.5) is 15.9 Å². The van der Waals surface area contributed by atoms with Crippen LogP contribution < -0.4 is 10.4 Å². The second kappa shape index (κ2) is 5.84. The van der Waals surface area contributed by atoms with Crippen molar-refractivity contribution < 1.29 is 9.28 Å². The molecule has 21 heavy (non-hydrogen) atoms. The lowest BCUT2D eigenvalue weighted by atomic mass is 9.87. The number of carbonyl (C=O) groups is 1. The highest BCUT2D eigenvalue weighted by Crippen LogP contribution is 2.32. The van der Waals surface area contributed by atoms with Crippen molar-refractivity contribution in [3.63, 3.8) is 0 Å². The number of halogens is 1. The lowest BCUT2D eigenvalue weighted by Crippen LogP contribution is -2.44. The molecule has 112 valence electrons. The molecule has 0 bridgehead atoms. The largest absolute Gasteiger partial charge is 0.348 e. The molecule has 1 N–H and O–H groups in total. The lowest BCUT2D eigenvalue weighted by Gasteiger charge is -2.28. The van der Waals surface area contributed by atoms with Gasteiger partial charge in [0.1, 0.15) is 5.71 Å². The second-order valence-electron chi connectivity index (χ2n) is 6.00. The summed E-state index contributed by atoms with van der Waals surface area (Å²) in [5, 5.41) is 3.58. The van der Waals surface area contributed by atoms with Crippen LogP contribution in [-0.2, 0) is 4.79 Å². The molecule has 1 fully saturated rings. The highest BCUT2D eigenvalue weighted by atomic mass is 19.2. The first-order valence-electron chi connectivity index (χ1n) is 7.54. The summed E-state index contributed by atoms with van der Waals surface area (Å²) in [4.78, 5) is 16.6. The summed E-state index contributed by atoms with van der Waals surface area (Å²) >= 11 is 0. The van der Waals surface area contributed by atoms with Crippen LogP contribution in [0, 0.1) is 5.92 Å². The van der Waals surface area contributed by atoms with Crippen molar-refractivity contribution in [1.82, 2.24) is 5.32 Å². The Morgan fingerprint density at radius 2 is 2.00 bits per heavy atom. The third-order valence-electron chi connectivity index (χ3n) is 4.30. The SMILES string of the molecule is CC1CCC(NC(=O)C2=Nc3ccccc3N(F)C2)CC1. The Morgan fingerprint density at radius 1 is 1.29 bits per heavy atom. The molecule has 1 aliphatic carbocycles. The number of carbonyl (C=O) groups excluding carboxylic acids is 1. The zero-order chi connectivity index (χ0) is 14.8. The van der Waals surface area contributed by atoms with Crippen molar-refractivity contribution in [2.45, 2.75) is 38.6 Å². The van der Waals surface area contributed by atoms with Crippen molar-refractivity contribution in [2.24, 2.45) is 10.9 Å². The highest BCUT2D eigenvalue weighted by molar-refractivity contribution is 6.41. The fourth-order valence-corrected chi connectivity index (χ4v) is 2.96. The van der Waals surface area contributed by atoms with Gasteiger partial charge in [-0.15, -0.1) is 0 Å². The van der Waals surface area contributed by atoms with Gasteiger partial charge in [-0.05, 0) is 43.7 Å². The maximum absolute atomic E-state index is 14.0. The van der Waals surface area contributed by atoms with E-state index in [2.05, 4.69) is 17.2 Å². The van der Waals surface area contributed by atoms with Crippen molar-refractivity contribution in [3.8, 4) is 0 Å². The Labute approximate surface area is 124 Å². The number of aliphatic imine (C=N–C) groups is 1. The third-order valence-corrected chi connectivity index (χ3v) is 4.30. The molecular formula is C16H20FN3O. The smallest absolute Gasteiger partial charge is 0.267 e. The third kappa shape index (κ3) is 3.06. The number of benzene rings is 1. The van der Waals surface area contributed by atoms with Gasteiger partial charge in [0, 0.05) is 6.04 Å². The second-order valence-corrected chi connectivity index (χ2v) is 6.00. The van der Waals surface area contributed by atoms with Gasteiger partial charge in [-0.3, -0.25) is 4.79 Å². The molecule has 0 spiro atoms. The van der Waals surface area contributed by atoms with Crippen molar-refractivity contribution in [2.75, 3.05) is 11.7 Å². The van der Waals surface area contributed by atoms with E-state index in [1.807, 2.05) is 0 Å². The summed E-state index contributed by atoms with van der Waals surface area (Å²) in [7, 11) is 0. The normalized spacial score (nSPS) is 25.0. The maximum atomic E-state index is 14.0. The minimum atomic E-state index is -0.244. The molecule has 1 heterocycles. The average Bonchev–Trinajstić information content (AvgIpc) is 2.49. The highest BCUT2D eigenvalue weighted by Gasteiger charge is 2.26. The van der Waals surface area contributed by atoms with Crippen LogP contribution in [0.25, 0.3) is 0 Å². The van der Waals surface area contributed by atoms with Gasteiger partial charge in [0.25, 0.3) is 5.91 Å². The number of nitrogens with zero attached hydrogens (tertiary/aromatic N) is 2. The zero-order valence-corrected chi connectivity index (χ0v) is 12.2. The van der Waals surface area contributed by atoms with Gasteiger partial charge >= 0.3 is 0 Å². The first-order valence-corrected chi connectivity index (χ1v) is 7.54. The summed E-state index contributed by atoms with van der Waals surface area (Å²) in [6, 6.07) is 7.13. The molecule has 0 saturated heterocycles. The Balaban J connectivity index is 1.70. The molecule has 1 saturated carbocycles. The number of hydrogen-bond donors (Lipinski definition) is 1. The zero-order valence-electron chi connectivity index (χ0n) is 12.2. The van der Waals surface area contributed by atoms with E-state index in [0.29, 0.717) is 16.5 Å². The number of fused-ring (bicyclic) bond motifs is 1. The molecule has 1 aliphatic heterocycles. The van der Waals surface area contributed by atoms with Crippen molar-refractivity contribution in [1.29, 1.82) is 0 Å². The molecule has 1 amide bonds. The van der Waals surface area contributed by atoms with E-state index < -0.39 is 0 Å². The monoisotopic (exact) mass is 289 g/mol. The molecule has 1 aromatic carbocycles. The van der Waals surface area contributed by atoms with E-state index >= 15 is 0 Å². The molecule has 3 rings (SSSR count). The van der Waals surface area contributed by atoms with Crippen LogP contribution in [0.2, 0.25) is 0 Å². The Bertz CT molecular complexity index is 564. The van der Waals surface area contributed by atoms with Gasteiger partial charge < -0.3 is 5.32 Å². The predicted octanol–water partition coefficient (Wildman–Crippen LogP) is 3.16. The Morgan fingerprint density at radius 3 is 2.76 bits per heavy atom. The van der Waals surface area contributed by atoms with Crippen LogP contribution >= 0.6 is 0 Å². The molecule has 0 atom stereocenters. The lowest BCUT2D eigenvalue weighted by molar-refractivity contribution is -0.115. The maximum Gasteiger partial charge on any atom is 0.267 e. The summed E-state index contributed by atoms with van der Waals surface area (Å²) in [5.41, 5.74) is 1.17. The number of anilines is 1. The molecule has 0 aromatic heterocycles. The standard InChI is InChI=1S/C16H20FN3O/c1-11-6-8-12(9-7-11)18-16(21)14-10-20(17)15-5-3-2-4-13(15)19-14/h2-5,11-12H,6-10H2,1H3,(H,18,21). The summed E-state index contributed by atoms with van der Waals surface area (Å²) in [6.07, 6.45) is 4.26. The minimum absolute atomic E-state index is 0.0913. The molecule has 1 aromatic rings. The summed E-state index contributed by atoms with van der Waals surface area (Å²) in [5.74, 6) is 0.491. The van der Waals surface area contributed by atoms with Crippen molar-refractivity contribution >= 4 is 23.0 Å².